The van der Waals surface area contributed by atoms with Gasteiger partial charge in [-0.1, -0.05) is 11.8 Å². The van der Waals surface area contributed by atoms with E-state index in [9.17, 15) is 0 Å². The molecule has 0 aliphatic carbocycles. The van der Waals surface area contributed by atoms with Crippen LogP contribution in [0.15, 0.2) is 5.16 Å². The number of nitrogens with one attached hydrogen (secondary N) is 1. The number of tetrazole rings is 1. The molecule has 6 heteroatoms. The van der Waals surface area contributed by atoms with Crippen LogP contribution in [-0.2, 0) is 7.05 Å². The lowest BCUT2D eigenvalue weighted by Gasteiger charge is -2.20. The monoisotopic (exact) mass is 199 g/mol. The topological polar surface area (TPSA) is 55.6 Å². The molecule has 5 nitrogen and oxygen atoms in total. The predicted octanol–water partition coefficient (Wildman–Crippen LogP) is 0.0542. The minimum Gasteiger partial charge on any atom is -0.317 e. The average Bonchev–Trinajstić information content (AvgIpc) is 2.53. The molecule has 1 saturated heterocycles. The maximum atomic E-state index is 4.14. The van der Waals surface area contributed by atoms with Crippen molar-refractivity contribution in [1.82, 2.24) is 25.5 Å². The Kier molecular flexibility index (Phi) is 2.80. The fourth-order valence-corrected chi connectivity index (χ4v) is 2.39. The van der Waals surface area contributed by atoms with Crippen molar-refractivity contribution in [2.24, 2.45) is 7.05 Å². The van der Waals surface area contributed by atoms with E-state index in [0.29, 0.717) is 5.25 Å². The lowest BCUT2D eigenvalue weighted by atomic mass is 10.2. The van der Waals surface area contributed by atoms with Crippen LogP contribution in [0.25, 0.3) is 0 Å². The van der Waals surface area contributed by atoms with Gasteiger partial charge in [-0.25, -0.2) is 0 Å². The number of nitrogens with zero attached hydrogens (tertiary/aromatic N) is 4. The quantitative estimate of drug-likeness (QED) is 0.729. The number of piperidine rings is 1. The highest BCUT2D eigenvalue weighted by Gasteiger charge is 2.16. The van der Waals surface area contributed by atoms with E-state index in [2.05, 4.69) is 20.7 Å². The highest BCUT2D eigenvalue weighted by molar-refractivity contribution is 7.99. The van der Waals surface area contributed by atoms with Crippen molar-refractivity contribution < 1.29 is 0 Å². The van der Waals surface area contributed by atoms with Crippen LogP contribution in [0.1, 0.15) is 12.8 Å². The second kappa shape index (κ2) is 4.06. The third kappa shape index (κ3) is 2.41. The molecule has 0 aromatic carbocycles. The lowest BCUT2D eigenvalue weighted by Crippen LogP contribution is -2.29. The van der Waals surface area contributed by atoms with Crippen LogP contribution in [0.3, 0.4) is 0 Å². The van der Waals surface area contributed by atoms with Crippen LogP contribution >= 0.6 is 11.8 Å². The summed E-state index contributed by atoms with van der Waals surface area (Å²) >= 11 is 1.74. The molecule has 0 spiro atoms. The Labute approximate surface area is 81.3 Å². The van der Waals surface area contributed by atoms with E-state index < -0.39 is 0 Å². The second-order valence-electron chi connectivity index (χ2n) is 3.13. The Morgan fingerprint density at radius 2 is 2.23 bits per heavy atom. The second-order valence-corrected chi connectivity index (χ2v) is 4.40. The molecular weight excluding hydrogens is 186 g/mol. The van der Waals surface area contributed by atoms with Gasteiger partial charge in [0.25, 0.3) is 0 Å². The predicted molar refractivity (Wildman–Crippen MR) is 50.5 cm³/mol. The van der Waals surface area contributed by atoms with Crippen LogP contribution < -0.4 is 5.32 Å². The van der Waals surface area contributed by atoms with E-state index >= 15 is 0 Å². The summed E-state index contributed by atoms with van der Waals surface area (Å²) in [6.45, 7) is 2.22. The highest BCUT2D eigenvalue weighted by Crippen LogP contribution is 2.24. The van der Waals surface area contributed by atoms with Crippen LogP contribution in [0, 0.1) is 0 Å². The standard InChI is InChI=1S/C7H13N5S/c1-12-10-7(9-11-12)13-6-2-4-8-5-3-6/h6,8H,2-5H2,1H3. The molecule has 2 heterocycles. The molecule has 0 amide bonds. The maximum absolute atomic E-state index is 4.14. The average molecular weight is 199 g/mol. The summed E-state index contributed by atoms with van der Waals surface area (Å²) in [7, 11) is 1.79. The minimum atomic E-state index is 0.658. The van der Waals surface area contributed by atoms with Crippen LogP contribution in [0.5, 0.6) is 0 Å². The molecule has 0 unspecified atom stereocenters. The van der Waals surface area contributed by atoms with Crippen molar-refractivity contribution in [3.05, 3.63) is 0 Å². The number of hydrogen-bond acceptors (Lipinski definition) is 5. The van der Waals surface area contributed by atoms with E-state index in [4.69, 9.17) is 0 Å². The third-order valence-corrected chi connectivity index (χ3v) is 3.23. The van der Waals surface area contributed by atoms with E-state index in [1.807, 2.05) is 0 Å². The van der Waals surface area contributed by atoms with Gasteiger partial charge in [-0.2, -0.15) is 4.80 Å². The van der Waals surface area contributed by atoms with Crippen molar-refractivity contribution in [3.8, 4) is 0 Å². The first-order chi connectivity index (χ1) is 6.34. The van der Waals surface area contributed by atoms with Gasteiger partial charge in [-0.3, -0.25) is 0 Å². The third-order valence-electron chi connectivity index (χ3n) is 2.05. The van der Waals surface area contributed by atoms with E-state index in [1.165, 1.54) is 17.6 Å². The first kappa shape index (κ1) is 8.96. The Morgan fingerprint density at radius 1 is 1.46 bits per heavy atom. The van der Waals surface area contributed by atoms with Crippen molar-refractivity contribution >= 4 is 11.8 Å². The molecule has 1 aliphatic heterocycles. The molecule has 1 aromatic heterocycles. The molecule has 1 aromatic rings. The number of aromatic nitrogens is 4. The van der Waals surface area contributed by atoms with Crippen molar-refractivity contribution in [1.29, 1.82) is 0 Å². The van der Waals surface area contributed by atoms with Crippen molar-refractivity contribution in [2.75, 3.05) is 13.1 Å². The molecule has 0 atom stereocenters. The lowest BCUT2D eigenvalue weighted by molar-refractivity contribution is 0.530. The molecule has 2 rings (SSSR count). The van der Waals surface area contributed by atoms with Crippen molar-refractivity contribution in [2.45, 2.75) is 23.2 Å². The molecule has 72 valence electrons. The normalized spacial score (nSPS) is 19.2. The zero-order valence-corrected chi connectivity index (χ0v) is 8.42. The Hall–Kier alpha value is -0.620. The number of thioether (sulfide) groups is 1. The van der Waals surface area contributed by atoms with Gasteiger partial charge in [0.1, 0.15) is 0 Å². The summed E-state index contributed by atoms with van der Waals surface area (Å²) in [5, 5.41) is 16.7. The molecule has 13 heavy (non-hydrogen) atoms. The van der Waals surface area contributed by atoms with E-state index in [1.54, 1.807) is 18.8 Å². The Bertz CT molecular complexity index is 268. The fourth-order valence-electron chi connectivity index (χ4n) is 1.38. The van der Waals surface area contributed by atoms with E-state index in [0.717, 1.165) is 18.2 Å². The largest absolute Gasteiger partial charge is 0.317 e. The highest BCUT2D eigenvalue weighted by atomic mass is 32.2. The summed E-state index contributed by atoms with van der Waals surface area (Å²) in [6.07, 6.45) is 2.39. The van der Waals surface area contributed by atoms with Crippen molar-refractivity contribution in [3.63, 3.8) is 0 Å². The first-order valence-electron chi connectivity index (χ1n) is 4.46. The molecule has 1 N–H and O–H groups in total. The number of aryl methyl sites for hydroxylation is 1. The van der Waals surface area contributed by atoms with E-state index in [-0.39, 0.29) is 0 Å². The summed E-state index contributed by atoms with van der Waals surface area (Å²) < 4.78 is 0. The van der Waals surface area contributed by atoms with Gasteiger partial charge in [-0.05, 0) is 31.1 Å². The Balaban J connectivity index is 1.89. The molecule has 0 saturated carbocycles. The van der Waals surface area contributed by atoms with Gasteiger partial charge in [0, 0.05) is 5.25 Å². The summed E-state index contributed by atoms with van der Waals surface area (Å²) in [4.78, 5) is 1.50. The molecule has 0 bridgehead atoms. The van der Waals surface area contributed by atoms with Gasteiger partial charge in [0.05, 0.1) is 7.05 Å². The van der Waals surface area contributed by atoms with Gasteiger partial charge in [-0.15, -0.1) is 10.2 Å². The van der Waals surface area contributed by atoms with Gasteiger partial charge >= 0.3 is 0 Å². The molecule has 1 fully saturated rings. The molecule has 1 aliphatic rings. The fraction of sp³-hybridized carbons (Fsp3) is 0.857. The van der Waals surface area contributed by atoms with Gasteiger partial charge < -0.3 is 5.32 Å². The zero-order valence-electron chi connectivity index (χ0n) is 7.60. The minimum absolute atomic E-state index is 0.658. The number of rotatable bonds is 2. The van der Waals surface area contributed by atoms with Gasteiger partial charge in [0.15, 0.2) is 0 Å². The van der Waals surface area contributed by atoms with Crippen LogP contribution in [0.2, 0.25) is 0 Å². The number of hydrogen-bond donors (Lipinski definition) is 1. The van der Waals surface area contributed by atoms with Crippen LogP contribution in [0.4, 0.5) is 0 Å². The Morgan fingerprint density at radius 3 is 2.85 bits per heavy atom. The van der Waals surface area contributed by atoms with Crippen LogP contribution in [-0.4, -0.2) is 38.5 Å². The first-order valence-corrected chi connectivity index (χ1v) is 5.34. The zero-order chi connectivity index (χ0) is 9.10. The maximum Gasteiger partial charge on any atom is 0.231 e. The molecular formula is C7H13N5S. The summed E-state index contributed by atoms with van der Waals surface area (Å²) in [6, 6.07) is 0. The summed E-state index contributed by atoms with van der Waals surface area (Å²) in [5.41, 5.74) is 0. The van der Waals surface area contributed by atoms with Gasteiger partial charge in [0.2, 0.25) is 5.16 Å². The smallest absolute Gasteiger partial charge is 0.231 e. The molecule has 0 radical (unpaired) electrons. The SMILES string of the molecule is Cn1nnc(SC2CCNCC2)n1. The summed E-state index contributed by atoms with van der Waals surface area (Å²) in [5.74, 6) is 0.